The van der Waals surface area contributed by atoms with Gasteiger partial charge in [-0.15, -0.1) is 24.0 Å². The van der Waals surface area contributed by atoms with Gasteiger partial charge < -0.3 is 15.1 Å². The maximum Gasteiger partial charge on any atom is 0.253 e. The molecule has 2 rings (SSSR count). The summed E-state index contributed by atoms with van der Waals surface area (Å²) in [5, 5.41) is 3.27. The highest BCUT2D eigenvalue weighted by Gasteiger charge is 2.09. The molecule has 5 nitrogen and oxygen atoms in total. The first-order chi connectivity index (χ1) is 13.4. The van der Waals surface area contributed by atoms with Gasteiger partial charge in [-0.05, 0) is 48.7 Å². The topological polar surface area (TPSA) is 47.9 Å². The van der Waals surface area contributed by atoms with E-state index < -0.39 is 0 Å². The average molecular weight is 512 g/mol. The summed E-state index contributed by atoms with van der Waals surface area (Å²) in [5.41, 5.74) is 2.64. The number of carbonyl (C=O) groups excluding carboxylic acids is 1. The minimum atomic E-state index is -0.236. The lowest BCUT2D eigenvalue weighted by molar-refractivity contribution is 0.0827. The fraction of sp³-hybridized carbons (Fsp3) is 0.364. The van der Waals surface area contributed by atoms with Gasteiger partial charge in [-0.25, -0.2) is 4.39 Å². The Morgan fingerprint density at radius 3 is 2.41 bits per heavy atom. The summed E-state index contributed by atoms with van der Waals surface area (Å²) in [6.07, 6.45) is 0.733. The summed E-state index contributed by atoms with van der Waals surface area (Å²) in [5.74, 6) is 0.529. The van der Waals surface area contributed by atoms with Crippen molar-refractivity contribution in [3.63, 3.8) is 0 Å². The van der Waals surface area contributed by atoms with Gasteiger partial charge in [0.1, 0.15) is 5.82 Å². The molecule has 1 amide bonds. The van der Waals surface area contributed by atoms with E-state index in [1.54, 1.807) is 25.1 Å². The Hall–Kier alpha value is -2.16. The zero-order valence-corrected chi connectivity index (χ0v) is 19.8. The van der Waals surface area contributed by atoms with Gasteiger partial charge in [0, 0.05) is 46.3 Å². The maximum atomic E-state index is 13.4. The van der Waals surface area contributed by atoms with Crippen molar-refractivity contribution in [1.82, 2.24) is 15.1 Å². The fourth-order valence-electron chi connectivity index (χ4n) is 2.86. The van der Waals surface area contributed by atoms with Crippen LogP contribution in [0.25, 0.3) is 0 Å². The van der Waals surface area contributed by atoms with Crippen molar-refractivity contribution in [2.45, 2.75) is 19.9 Å². The van der Waals surface area contributed by atoms with E-state index in [9.17, 15) is 9.18 Å². The maximum absolute atomic E-state index is 13.4. The number of hydrogen-bond acceptors (Lipinski definition) is 2. The number of halogens is 2. The number of rotatable bonds is 7. The molecular formula is C22H30FIN4O. The molecule has 2 aromatic rings. The van der Waals surface area contributed by atoms with Crippen molar-refractivity contribution >= 4 is 35.8 Å². The number of amides is 1. The first-order valence-electron chi connectivity index (χ1n) is 9.45. The predicted octanol–water partition coefficient (Wildman–Crippen LogP) is 3.79. The van der Waals surface area contributed by atoms with Crippen LogP contribution < -0.4 is 5.32 Å². The first kappa shape index (κ1) is 24.9. The van der Waals surface area contributed by atoms with E-state index in [-0.39, 0.29) is 35.7 Å². The molecule has 0 aliphatic heterocycles. The third-order valence-corrected chi connectivity index (χ3v) is 4.25. The van der Waals surface area contributed by atoms with Crippen molar-refractivity contribution in [1.29, 1.82) is 0 Å². The van der Waals surface area contributed by atoms with Crippen molar-refractivity contribution in [2.24, 2.45) is 4.99 Å². The molecule has 0 atom stereocenters. The van der Waals surface area contributed by atoms with Gasteiger partial charge in [0.2, 0.25) is 0 Å². The molecule has 0 radical (unpaired) electrons. The molecule has 158 valence electrons. The Bertz CT molecular complexity index is 826. The Labute approximate surface area is 190 Å². The van der Waals surface area contributed by atoms with E-state index >= 15 is 0 Å². The van der Waals surface area contributed by atoms with Gasteiger partial charge >= 0.3 is 0 Å². The van der Waals surface area contributed by atoms with Crippen molar-refractivity contribution in [3.8, 4) is 0 Å². The summed E-state index contributed by atoms with van der Waals surface area (Å²) in [7, 11) is 5.43. The molecule has 0 saturated carbocycles. The van der Waals surface area contributed by atoms with E-state index in [1.165, 1.54) is 12.1 Å². The van der Waals surface area contributed by atoms with Gasteiger partial charge in [-0.1, -0.05) is 24.3 Å². The van der Waals surface area contributed by atoms with E-state index in [0.717, 1.165) is 30.1 Å². The Morgan fingerprint density at radius 1 is 1.07 bits per heavy atom. The third-order valence-electron chi connectivity index (χ3n) is 4.25. The third kappa shape index (κ3) is 8.00. The lowest BCUT2D eigenvalue weighted by Gasteiger charge is -2.22. The van der Waals surface area contributed by atoms with Crippen LogP contribution in [-0.4, -0.2) is 55.9 Å². The lowest BCUT2D eigenvalue weighted by atomic mass is 10.1. The Balaban J connectivity index is 0.00000420. The Kier molecular flexibility index (Phi) is 10.6. The van der Waals surface area contributed by atoms with Crippen LogP contribution in [0.5, 0.6) is 0 Å². The summed E-state index contributed by atoms with van der Waals surface area (Å²) in [4.78, 5) is 20.3. The van der Waals surface area contributed by atoms with Crippen LogP contribution in [0.4, 0.5) is 4.39 Å². The van der Waals surface area contributed by atoms with Crippen LogP contribution in [-0.2, 0) is 13.0 Å². The van der Waals surface area contributed by atoms with E-state index in [1.807, 2.05) is 49.2 Å². The molecule has 0 unspecified atom stereocenters. The molecule has 2 aromatic carbocycles. The van der Waals surface area contributed by atoms with Crippen LogP contribution in [0.3, 0.4) is 0 Å². The summed E-state index contributed by atoms with van der Waals surface area (Å²) in [6.45, 7) is 3.92. The predicted molar refractivity (Wildman–Crippen MR) is 127 cm³/mol. The second-order valence-corrected chi connectivity index (χ2v) is 6.87. The highest BCUT2D eigenvalue weighted by atomic mass is 127. The Morgan fingerprint density at radius 2 is 1.76 bits per heavy atom. The van der Waals surface area contributed by atoms with Gasteiger partial charge in [0.25, 0.3) is 5.91 Å². The second-order valence-electron chi connectivity index (χ2n) is 6.87. The molecule has 1 N–H and O–H groups in total. The SMILES string of the molecule is CCNC(=NCCc1cccc(C(=O)N(C)C)c1)N(C)Cc1cccc(F)c1.I. The van der Waals surface area contributed by atoms with Crippen molar-refractivity contribution in [3.05, 3.63) is 71.0 Å². The molecule has 0 spiro atoms. The van der Waals surface area contributed by atoms with Crippen LogP contribution >= 0.6 is 24.0 Å². The summed E-state index contributed by atoms with van der Waals surface area (Å²) >= 11 is 0. The molecule has 0 aliphatic rings. The molecule has 0 aliphatic carbocycles. The minimum absolute atomic E-state index is 0. The monoisotopic (exact) mass is 512 g/mol. The number of carbonyl (C=O) groups is 1. The average Bonchev–Trinajstić information content (AvgIpc) is 2.67. The zero-order valence-electron chi connectivity index (χ0n) is 17.5. The molecule has 29 heavy (non-hydrogen) atoms. The normalized spacial score (nSPS) is 10.9. The van der Waals surface area contributed by atoms with Gasteiger partial charge in [0.05, 0.1) is 0 Å². The molecule has 7 heteroatoms. The molecule has 0 aromatic heterocycles. The number of nitrogens with one attached hydrogen (secondary N) is 1. The number of benzene rings is 2. The number of aliphatic imine (C=N–C) groups is 1. The highest BCUT2D eigenvalue weighted by Crippen LogP contribution is 2.09. The van der Waals surface area contributed by atoms with E-state index in [2.05, 4.69) is 10.3 Å². The summed E-state index contributed by atoms with van der Waals surface area (Å²) in [6, 6.07) is 14.2. The molecular weight excluding hydrogens is 482 g/mol. The van der Waals surface area contributed by atoms with Crippen LogP contribution in [0.15, 0.2) is 53.5 Å². The summed E-state index contributed by atoms with van der Waals surface area (Å²) < 4.78 is 13.4. The zero-order chi connectivity index (χ0) is 20.5. The van der Waals surface area contributed by atoms with Crippen LogP contribution in [0, 0.1) is 5.82 Å². The first-order valence-corrected chi connectivity index (χ1v) is 9.45. The van der Waals surface area contributed by atoms with Crippen molar-refractivity contribution in [2.75, 3.05) is 34.2 Å². The highest BCUT2D eigenvalue weighted by molar-refractivity contribution is 14.0. The van der Waals surface area contributed by atoms with Gasteiger partial charge in [-0.3, -0.25) is 9.79 Å². The minimum Gasteiger partial charge on any atom is -0.357 e. The number of hydrogen-bond donors (Lipinski definition) is 1. The smallest absolute Gasteiger partial charge is 0.253 e. The van der Waals surface area contributed by atoms with Gasteiger partial charge in [-0.2, -0.15) is 0 Å². The van der Waals surface area contributed by atoms with Crippen LogP contribution in [0.2, 0.25) is 0 Å². The van der Waals surface area contributed by atoms with Gasteiger partial charge in [0.15, 0.2) is 5.96 Å². The molecule has 0 fully saturated rings. The number of nitrogens with zero attached hydrogens (tertiary/aromatic N) is 3. The fourth-order valence-corrected chi connectivity index (χ4v) is 2.86. The number of guanidine groups is 1. The van der Waals surface area contributed by atoms with Crippen LogP contribution in [0.1, 0.15) is 28.4 Å². The van der Waals surface area contributed by atoms with E-state index in [4.69, 9.17) is 0 Å². The standard InChI is InChI=1S/C22H29FN4O.HI/c1-5-24-22(27(4)16-18-9-7-11-20(23)15-18)25-13-12-17-8-6-10-19(14-17)21(28)26(2)3;/h6-11,14-15H,5,12-13,16H2,1-4H3,(H,24,25);1H. The molecule has 0 saturated heterocycles. The van der Waals surface area contributed by atoms with E-state index in [0.29, 0.717) is 18.7 Å². The molecule has 0 bridgehead atoms. The molecule has 0 heterocycles. The largest absolute Gasteiger partial charge is 0.357 e. The quantitative estimate of drug-likeness (QED) is 0.349. The lowest BCUT2D eigenvalue weighted by Crippen LogP contribution is -2.38. The second kappa shape index (κ2) is 12.4. The van der Waals surface area contributed by atoms with Crippen molar-refractivity contribution < 1.29 is 9.18 Å².